The van der Waals surface area contributed by atoms with Crippen LogP contribution in [-0.4, -0.2) is 16.5 Å². The number of aromatic nitrogens is 2. The van der Waals surface area contributed by atoms with Gasteiger partial charge in [-0.15, -0.1) is 12.4 Å². The number of alkyl halides is 1. The van der Waals surface area contributed by atoms with Gasteiger partial charge in [0.2, 0.25) is 0 Å². The molecular weight excluding hydrogens is 291 g/mol. The van der Waals surface area contributed by atoms with Crippen molar-refractivity contribution < 1.29 is 13.2 Å². The quantitative estimate of drug-likeness (QED) is 0.889. The largest absolute Gasteiger partial charge is 0.307 e. The average molecular weight is 306 g/mol. The lowest BCUT2D eigenvalue weighted by Crippen LogP contribution is -2.17. The minimum Gasteiger partial charge on any atom is -0.307 e. The van der Waals surface area contributed by atoms with Crippen molar-refractivity contribution >= 4 is 12.4 Å². The molecule has 0 spiro atoms. The summed E-state index contributed by atoms with van der Waals surface area (Å²) in [5, 5.41) is 6.95. The third kappa shape index (κ3) is 4.25. The van der Waals surface area contributed by atoms with Crippen LogP contribution in [0.15, 0.2) is 30.5 Å². The van der Waals surface area contributed by atoms with E-state index in [0.29, 0.717) is 6.54 Å². The number of rotatable bonds is 6. The maximum Gasteiger partial charge on any atom is 0.127 e. The second-order valence-corrected chi connectivity index (χ2v) is 4.07. The van der Waals surface area contributed by atoms with Crippen LogP contribution in [0.5, 0.6) is 0 Å². The molecule has 1 heterocycles. The van der Waals surface area contributed by atoms with Crippen LogP contribution >= 0.6 is 12.4 Å². The molecule has 0 amide bonds. The Hall–Kier alpha value is -1.53. The molecule has 0 unspecified atom stereocenters. The van der Waals surface area contributed by atoms with Crippen molar-refractivity contribution in [3.63, 3.8) is 0 Å². The van der Waals surface area contributed by atoms with E-state index in [2.05, 4.69) is 10.4 Å². The van der Waals surface area contributed by atoms with Crippen LogP contribution in [0.25, 0.3) is 0 Å². The molecule has 0 aliphatic rings. The van der Waals surface area contributed by atoms with E-state index in [-0.39, 0.29) is 31.1 Å². The highest BCUT2D eigenvalue weighted by atomic mass is 35.5. The zero-order chi connectivity index (χ0) is 13.7. The highest BCUT2D eigenvalue weighted by Gasteiger charge is 2.05. The van der Waals surface area contributed by atoms with Gasteiger partial charge in [-0.2, -0.15) is 5.10 Å². The normalized spacial score (nSPS) is 10.3. The molecule has 1 aromatic heterocycles. The van der Waals surface area contributed by atoms with Crippen LogP contribution in [-0.2, 0) is 19.6 Å². The number of benzene rings is 1. The standard InChI is InChI=1S/C13H14F3N3.ClH/c14-4-6-19-12(3-5-18-19)9-17-8-10-7-11(15)1-2-13(10)16;/h1-3,5,7,17H,4,6,8-9H2;1H. The summed E-state index contributed by atoms with van der Waals surface area (Å²) in [6.45, 7) is 0.311. The number of nitrogens with zero attached hydrogens (tertiary/aromatic N) is 2. The van der Waals surface area contributed by atoms with E-state index in [9.17, 15) is 13.2 Å². The first-order valence-electron chi connectivity index (χ1n) is 5.92. The fraction of sp³-hybridized carbons (Fsp3) is 0.308. The summed E-state index contributed by atoms with van der Waals surface area (Å²) in [5.74, 6) is -0.924. The second kappa shape index (κ2) is 7.91. The molecule has 1 aromatic carbocycles. The lowest BCUT2D eigenvalue weighted by Gasteiger charge is -2.08. The fourth-order valence-corrected chi connectivity index (χ4v) is 1.80. The van der Waals surface area contributed by atoms with Crippen molar-refractivity contribution in [3.05, 3.63) is 53.4 Å². The average Bonchev–Trinajstić information content (AvgIpc) is 2.82. The minimum absolute atomic E-state index is 0. The van der Waals surface area contributed by atoms with Crippen LogP contribution in [0, 0.1) is 11.6 Å². The highest BCUT2D eigenvalue weighted by Crippen LogP contribution is 2.09. The molecule has 7 heteroatoms. The molecule has 0 bridgehead atoms. The Morgan fingerprint density at radius 3 is 2.70 bits per heavy atom. The van der Waals surface area contributed by atoms with Crippen LogP contribution in [0.3, 0.4) is 0 Å². The summed E-state index contributed by atoms with van der Waals surface area (Å²) >= 11 is 0. The topological polar surface area (TPSA) is 29.9 Å². The number of hydrogen-bond donors (Lipinski definition) is 1. The maximum absolute atomic E-state index is 13.4. The summed E-state index contributed by atoms with van der Waals surface area (Å²) in [7, 11) is 0. The number of aryl methyl sites for hydroxylation is 1. The molecule has 0 radical (unpaired) electrons. The van der Waals surface area contributed by atoms with Gasteiger partial charge in [0, 0.05) is 24.8 Å². The fourth-order valence-electron chi connectivity index (χ4n) is 1.80. The SMILES string of the molecule is Cl.FCCn1nccc1CNCc1cc(F)ccc1F. The first-order chi connectivity index (χ1) is 9.20. The van der Waals surface area contributed by atoms with Crippen molar-refractivity contribution in [1.82, 2.24) is 15.1 Å². The number of hydrogen-bond acceptors (Lipinski definition) is 2. The molecule has 0 fully saturated rings. The molecule has 0 saturated heterocycles. The molecule has 1 N–H and O–H groups in total. The Morgan fingerprint density at radius 2 is 1.95 bits per heavy atom. The van der Waals surface area contributed by atoms with Gasteiger partial charge in [-0.25, -0.2) is 13.2 Å². The Balaban J connectivity index is 0.00000200. The van der Waals surface area contributed by atoms with Crippen molar-refractivity contribution in [3.8, 4) is 0 Å². The lowest BCUT2D eigenvalue weighted by molar-refractivity contribution is 0.416. The second-order valence-electron chi connectivity index (χ2n) is 4.07. The van der Waals surface area contributed by atoms with Gasteiger partial charge in [0.05, 0.1) is 12.2 Å². The Labute approximate surface area is 121 Å². The Bertz CT molecular complexity index is 545. The summed E-state index contributed by atoms with van der Waals surface area (Å²) < 4.78 is 40.1. The third-order valence-corrected chi connectivity index (χ3v) is 2.73. The van der Waals surface area contributed by atoms with Gasteiger partial charge in [-0.05, 0) is 24.3 Å². The van der Waals surface area contributed by atoms with E-state index in [1.165, 1.54) is 4.68 Å². The molecule has 110 valence electrons. The van der Waals surface area contributed by atoms with E-state index in [4.69, 9.17) is 0 Å². The van der Waals surface area contributed by atoms with Gasteiger partial charge in [-0.1, -0.05) is 0 Å². The van der Waals surface area contributed by atoms with Gasteiger partial charge >= 0.3 is 0 Å². The van der Waals surface area contributed by atoms with Gasteiger partial charge in [0.25, 0.3) is 0 Å². The molecular formula is C13H15ClF3N3. The zero-order valence-electron chi connectivity index (χ0n) is 10.7. The van der Waals surface area contributed by atoms with E-state index in [1.54, 1.807) is 12.3 Å². The first-order valence-corrected chi connectivity index (χ1v) is 5.92. The predicted molar refractivity (Wildman–Crippen MR) is 72.4 cm³/mol. The molecule has 2 aromatic rings. The van der Waals surface area contributed by atoms with Crippen molar-refractivity contribution in [1.29, 1.82) is 0 Å². The molecule has 20 heavy (non-hydrogen) atoms. The zero-order valence-corrected chi connectivity index (χ0v) is 11.5. The van der Waals surface area contributed by atoms with Crippen molar-refractivity contribution in [2.75, 3.05) is 6.67 Å². The van der Waals surface area contributed by atoms with Gasteiger partial charge in [0.1, 0.15) is 18.3 Å². The molecule has 2 rings (SSSR count). The summed E-state index contributed by atoms with van der Waals surface area (Å²) in [6, 6.07) is 5.08. The monoisotopic (exact) mass is 305 g/mol. The van der Waals surface area contributed by atoms with E-state index in [0.717, 1.165) is 23.9 Å². The van der Waals surface area contributed by atoms with E-state index < -0.39 is 18.3 Å². The number of halogens is 4. The highest BCUT2D eigenvalue weighted by molar-refractivity contribution is 5.85. The molecule has 0 aliphatic carbocycles. The van der Waals surface area contributed by atoms with Gasteiger partial charge in [-0.3, -0.25) is 4.68 Å². The Morgan fingerprint density at radius 1 is 1.15 bits per heavy atom. The minimum atomic E-state index is -0.493. The first kappa shape index (κ1) is 16.5. The molecule has 0 aliphatic heterocycles. The lowest BCUT2D eigenvalue weighted by atomic mass is 10.2. The van der Waals surface area contributed by atoms with E-state index in [1.807, 2.05) is 0 Å². The molecule has 0 saturated carbocycles. The maximum atomic E-state index is 13.4. The van der Waals surface area contributed by atoms with Crippen LogP contribution in [0.1, 0.15) is 11.3 Å². The van der Waals surface area contributed by atoms with E-state index >= 15 is 0 Å². The van der Waals surface area contributed by atoms with Crippen LogP contribution in [0.2, 0.25) is 0 Å². The van der Waals surface area contributed by atoms with Gasteiger partial charge < -0.3 is 5.32 Å². The Kier molecular flexibility index (Phi) is 6.54. The summed E-state index contributed by atoms with van der Waals surface area (Å²) in [6.07, 6.45) is 1.58. The van der Waals surface area contributed by atoms with Crippen LogP contribution in [0.4, 0.5) is 13.2 Å². The molecule has 0 atom stereocenters. The summed E-state index contributed by atoms with van der Waals surface area (Å²) in [4.78, 5) is 0. The predicted octanol–water partition coefficient (Wildman–Crippen LogP) is 2.84. The van der Waals surface area contributed by atoms with Crippen molar-refractivity contribution in [2.45, 2.75) is 19.6 Å². The third-order valence-electron chi connectivity index (χ3n) is 2.73. The summed E-state index contributed by atoms with van der Waals surface area (Å²) in [5.41, 5.74) is 1.06. The molecule has 3 nitrogen and oxygen atoms in total. The van der Waals surface area contributed by atoms with Crippen molar-refractivity contribution in [2.24, 2.45) is 0 Å². The number of nitrogens with one attached hydrogen (secondary N) is 1. The van der Waals surface area contributed by atoms with Gasteiger partial charge in [0.15, 0.2) is 0 Å². The van der Waals surface area contributed by atoms with Crippen LogP contribution < -0.4 is 5.32 Å². The smallest absolute Gasteiger partial charge is 0.127 e.